The SMILES string of the molecule is Cc1cc(Cl)cc(C(=O)O[C@H](C)c2nnc(C)o2)c1. The molecule has 1 aromatic carbocycles. The summed E-state index contributed by atoms with van der Waals surface area (Å²) in [7, 11) is 0. The molecule has 0 saturated heterocycles. The second-order valence-electron chi connectivity index (χ2n) is 4.22. The van der Waals surface area contributed by atoms with Crippen molar-refractivity contribution >= 4 is 17.6 Å². The van der Waals surface area contributed by atoms with Gasteiger partial charge in [-0.25, -0.2) is 4.79 Å². The van der Waals surface area contributed by atoms with Crippen LogP contribution in [0.15, 0.2) is 22.6 Å². The van der Waals surface area contributed by atoms with Gasteiger partial charge in [-0.3, -0.25) is 0 Å². The Bertz CT molecular complexity index is 589. The third-order valence-electron chi connectivity index (χ3n) is 2.45. The van der Waals surface area contributed by atoms with Crippen molar-refractivity contribution in [2.75, 3.05) is 0 Å². The fourth-order valence-corrected chi connectivity index (χ4v) is 1.90. The number of aromatic nitrogens is 2. The summed E-state index contributed by atoms with van der Waals surface area (Å²) in [4.78, 5) is 12.0. The first-order chi connectivity index (χ1) is 8.95. The molecule has 0 aliphatic heterocycles. The highest BCUT2D eigenvalue weighted by molar-refractivity contribution is 6.31. The number of esters is 1. The molecule has 0 saturated carbocycles. The van der Waals surface area contributed by atoms with E-state index in [1.807, 2.05) is 6.92 Å². The zero-order valence-electron chi connectivity index (χ0n) is 10.8. The molecule has 0 aliphatic rings. The van der Waals surface area contributed by atoms with Gasteiger partial charge in [-0.15, -0.1) is 10.2 Å². The monoisotopic (exact) mass is 280 g/mol. The minimum atomic E-state index is -0.604. The van der Waals surface area contributed by atoms with Crippen molar-refractivity contribution in [2.45, 2.75) is 26.9 Å². The van der Waals surface area contributed by atoms with Gasteiger partial charge in [-0.1, -0.05) is 11.6 Å². The van der Waals surface area contributed by atoms with Gasteiger partial charge in [0.15, 0.2) is 6.10 Å². The molecule has 2 rings (SSSR count). The van der Waals surface area contributed by atoms with Gasteiger partial charge in [0.2, 0.25) is 5.89 Å². The molecule has 0 spiro atoms. The number of carbonyl (C=O) groups is 1. The maximum Gasteiger partial charge on any atom is 0.338 e. The predicted octanol–water partition coefficient (Wildman–Crippen LogP) is 3.26. The number of hydrogen-bond acceptors (Lipinski definition) is 5. The Hall–Kier alpha value is -1.88. The van der Waals surface area contributed by atoms with E-state index in [2.05, 4.69) is 10.2 Å². The molecular weight excluding hydrogens is 268 g/mol. The molecule has 0 fully saturated rings. The summed E-state index contributed by atoms with van der Waals surface area (Å²) in [5, 5.41) is 7.99. The van der Waals surface area contributed by atoms with E-state index in [9.17, 15) is 4.79 Å². The van der Waals surface area contributed by atoms with Gasteiger partial charge in [0.25, 0.3) is 5.89 Å². The lowest BCUT2D eigenvalue weighted by molar-refractivity contribution is 0.0277. The second-order valence-corrected chi connectivity index (χ2v) is 4.66. The van der Waals surface area contributed by atoms with Gasteiger partial charge < -0.3 is 9.15 Å². The largest absolute Gasteiger partial charge is 0.449 e. The van der Waals surface area contributed by atoms with Crippen LogP contribution >= 0.6 is 11.6 Å². The zero-order valence-corrected chi connectivity index (χ0v) is 11.6. The quantitative estimate of drug-likeness (QED) is 0.808. The highest BCUT2D eigenvalue weighted by Crippen LogP contribution is 2.20. The summed E-state index contributed by atoms with van der Waals surface area (Å²) in [6.07, 6.45) is -0.604. The maximum atomic E-state index is 12.0. The Kier molecular flexibility index (Phi) is 3.85. The number of ether oxygens (including phenoxy) is 1. The topological polar surface area (TPSA) is 65.2 Å². The number of nitrogens with zero attached hydrogens (tertiary/aromatic N) is 2. The number of rotatable bonds is 3. The van der Waals surface area contributed by atoms with E-state index in [4.69, 9.17) is 20.8 Å². The van der Waals surface area contributed by atoms with Gasteiger partial charge in [-0.2, -0.15) is 0 Å². The Morgan fingerprint density at radius 2 is 2.05 bits per heavy atom. The first-order valence-electron chi connectivity index (χ1n) is 5.74. The van der Waals surface area contributed by atoms with Crippen LogP contribution in [-0.2, 0) is 4.74 Å². The number of halogens is 1. The molecule has 0 radical (unpaired) electrons. The van der Waals surface area contributed by atoms with Crippen LogP contribution in [0.3, 0.4) is 0 Å². The highest BCUT2D eigenvalue weighted by Gasteiger charge is 2.18. The van der Waals surface area contributed by atoms with Crippen LogP contribution in [0.2, 0.25) is 5.02 Å². The lowest BCUT2D eigenvalue weighted by Crippen LogP contribution is -2.09. The second kappa shape index (κ2) is 5.40. The van der Waals surface area contributed by atoms with Crippen LogP contribution in [-0.4, -0.2) is 16.2 Å². The van der Waals surface area contributed by atoms with Crippen molar-refractivity contribution in [3.05, 3.63) is 46.1 Å². The van der Waals surface area contributed by atoms with Gasteiger partial charge in [0.1, 0.15) is 0 Å². The first kappa shape index (κ1) is 13.5. The summed E-state index contributed by atoms with van der Waals surface area (Å²) < 4.78 is 10.5. The van der Waals surface area contributed by atoms with Crippen LogP contribution in [0.5, 0.6) is 0 Å². The van der Waals surface area contributed by atoms with Crippen LogP contribution in [0.4, 0.5) is 0 Å². The number of aryl methyl sites for hydroxylation is 2. The molecule has 1 aromatic heterocycles. The normalized spacial score (nSPS) is 12.2. The third kappa shape index (κ3) is 3.32. The van der Waals surface area contributed by atoms with E-state index >= 15 is 0 Å². The fourth-order valence-electron chi connectivity index (χ4n) is 1.61. The van der Waals surface area contributed by atoms with Gasteiger partial charge in [0, 0.05) is 11.9 Å². The highest BCUT2D eigenvalue weighted by atomic mass is 35.5. The summed E-state index contributed by atoms with van der Waals surface area (Å²) >= 11 is 5.90. The van der Waals surface area contributed by atoms with Gasteiger partial charge in [0.05, 0.1) is 5.56 Å². The number of carbonyl (C=O) groups excluding carboxylic acids is 1. The lowest BCUT2D eigenvalue weighted by Gasteiger charge is -2.10. The van der Waals surface area contributed by atoms with Crippen LogP contribution < -0.4 is 0 Å². The minimum Gasteiger partial charge on any atom is -0.449 e. The van der Waals surface area contributed by atoms with Crippen LogP contribution in [0, 0.1) is 13.8 Å². The maximum absolute atomic E-state index is 12.0. The van der Waals surface area contributed by atoms with Crippen molar-refractivity contribution in [3.63, 3.8) is 0 Å². The van der Waals surface area contributed by atoms with Crippen molar-refractivity contribution in [3.8, 4) is 0 Å². The standard InChI is InChI=1S/C13H13ClN2O3/c1-7-4-10(6-11(14)5-7)13(17)18-8(2)12-16-15-9(3)19-12/h4-6,8H,1-3H3/t8-/m1/s1. The molecule has 0 amide bonds. The van der Waals surface area contributed by atoms with E-state index in [0.29, 0.717) is 16.5 Å². The molecule has 1 atom stereocenters. The molecule has 1 heterocycles. The third-order valence-corrected chi connectivity index (χ3v) is 2.67. The summed E-state index contributed by atoms with van der Waals surface area (Å²) in [5.74, 6) is 0.218. The number of benzene rings is 1. The molecule has 0 N–H and O–H groups in total. The van der Waals surface area contributed by atoms with Crippen LogP contribution in [0.1, 0.15) is 40.7 Å². The van der Waals surface area contributed by atoms with E-state index in [1.165, 1.54) is 0 Å². The zero-order chi connectivity index (χ0) is 14.0. The molecule has 19 heavy (non-hydrogen) atoms. The lowest BCUT2D eigenvalue weighted by atomic mass is 10.1. The minimum absolute atomic E-state index is 0.268. The molecule has 100 valence electrons. The molecular formula is C13H13ClN2O3. The number of hydrogen-bond donors (Lipinski definition) is 0. The van der Waals surface area contributed by atoms with Gasteiger partial charge in [-0.05, 0) is 37.6 Å². The Labute approximate surface area is 115 Å². The van der Waals surface area contributed by atoms with Crippen molar-refractivity contribution in [2.24, 2.45) is 0 Å². The van der Waals surface area contributed by atoms with E-state index in [0.717, 1.165) is 5.56 Å². The molecule has 0 bridgehead atoms. The van der Waals surface area contributed by atoms with E-state index in [-0.39, 0.29) is 5.89 Å². The fraction of sp³-hybridized carbons (Fsp3) is 0.308. The van der Waals surface area contributed by atoms with E-state index in [1.54, 1.807) is 32.0 Å². The molecule has 5 nitrogen and oxygen atoms in total. The summed E-state index contributed by atoms with van der Waals surface area (Å²) in [5.41, 5.74) is 1.29. The summed E-state index contributed by atoms with van der Waals surface area (Å²) in [6.45, 7) is 5.20. The molecule has 0 aliphatic carbocycles. The Morgan fingerprint density at radius 3 is 2.63 bits per heavy atom. The molecule has 0 unspecified atom stereocenters. The van der Waals surface area contributed by atoms with E-state index < -0.39 is 12.1 Å². The Balaban J connectivity index is 2.12. The smallest absolute Gasteiger partial charge is 0.338 e. The summed E-state index contributed by atoms with van der Waals surface area (Å²) in [6, 6.07) is 5.03. The Morgan fingerprint density at radius 1 is 1.32 bits per heavy atom. The average Bonchev–Trinajstić information content (AvgIpc) is 2.74. The van der Waals surface area contributed by atoms with Gasteiger partial charge >= 0.3 is 5.97 Å². The van der Waals surface area contributed by atoms with Crippen molar-refractivity contribution in [1.82, 2.24) is 10.2 Å². The predicted molar refractivity (Wildman–Crippen MR) is 69.1 cm³/mol. The average molecular weight is 281 g/mol. The van der Waals surface area contributed by atoms with Crippen LogP contribution in [0.25, 0.3) is 0 Å². The molecule has 6 heteroatoms. The van der Waals surface area contributed by atoms with Crippen molar-refractivity contribution in [1.29, 1.82) is 0 Å². The first-order valence-corrected chi connectivity index (χ1v) is 6.11. The molecule has 2 aromatic rings. The van der Waals surface area contributed by atoms with Crippen molar-refractivity contribution < 1.29 is 13.9 Å².